The van der Waals surface area contributed by atoms with Crippen molar-refractivity contribution in [1.82, 2.24) is 0 Å². The zero-order valence-corrected chi connectivity index (χ0v) is 11.6. The summed E-state index contributed by atoms with van der Waals surface area (Å²) in [5.74, 6) is 0.493. The van der Waals surface area contributed by atoms with Crippen molar-refractivity contribution >= 4 is 27.2 Å². The molecule has 1 aromatic carbocycles. The minimum absolute atomic E-state index is 0.184. The maximum atomic E-state index is 13.6. The summed E-state index contributed by atoms with van der Waals surface area (Å²) in [4.78, 5) is 12.4. The van der Waals surface area contributed by atoms with Gasteiger partial charge in [-0.05, 0) is 12.0 Å². The zero-order valence-electron chi connectivity index (χ0n) is 10.8. The molecule has 19 heavy (non-hydrogen) atoms. The number of ketones is 1. The number of thiophene rings is 1. The van der Waals surface area contributed by atoms with Crippen molar-refractivity contribution in [3.63, 3.8) is 0 Å². The lowest BCUT2D eigenvalue weighted by molar-refractivity contribution is 0.0952. The first kappa shape index (κ1) is 12.8. The maximum absolute atomic E-state index is 13.6. The molecule has 1 aliphatic carbocycles. The van der Waals surface area contributed by atoms with Crippen LogP contribution >= 0.6 is 11.3 Å². The van der Waals surface area contributed by atoms with E-state index in [2.05, 4.69) is 0 Å². The lowest BCUT2D eigenvalue weighted by atomic mass is 9.85. The second kappa shape index (κ2) is 5.41. The van der Waals surface area contributed by atoms with Crippen LogP contribution in [0.1, 0.15) is 48.9 Å². The van der Waals surface area contributed by atoms with E-state index in [4.69, 9.17) is 0 Å². The first-order chi connectivity index (χ1) is 9.25. The van der Waals surface area contributed by atoms with Gasteiger partial charge in [0, 0.05) is 22.8 Å². The highest BCUT2D eigenvalue weighted by atomic mass is 32.1. The lowest BCUT2D eigenvalue weighted by Gasteiger charge is -2.20. The molecule has 0 bridgehead atoms. The molecular weight excluding hydrogens is 259 g/mol. The summed E-state index contributed by atoms with van der Waals surface area (Å²) in [6.07, 6.45) is 6.76. The largest absolute Gasteiger partial charge is 0.294 e. The van der Waals surface area contributed by atoms with Crippen LogP contribution in [0.4, 0.5) is 4.39 Å². The number of halogens is 1. The highest BCUT2D eigenvalue weighted by Gasteiger charge is 2.20. The average molecular weight is 276 g/mol. The molecule has 0 spiro atoms. The van der Waals surface area contributed by atoms with Crippen molar-refractivity contribution in [1.29, 1.82) is 0 Å². The second-order valence-corrected chi connectivity index (χ2v) is 6.28. The molecule has 0 N–H and O–H groups in total. The number of carbonyl (C=O) groups is 1. The third-order valence-corrected chi connectivity index (χ3v) is 5.06. The SMILES string of the molecule is O=C(CC1CCCCC1)c1csc2c(F)cccc12. The summed E-state index contributed by atoms with van der Waals surface area (Å²) in [5, 5.41) is 2.60. The van der Waals surface area contributed by atoms with E-state index in [1.165, 1.54) is 49.5 Å². The summed E-state index contributed by atoms with van der Waals surface area (Å²) < 4.78 is 14.2. The average Bonchev–Trinajstić information content (AvgIpc) is 2.85. The fourth-order valence-corrected chi connectivity index (χ4v) is 3.98. The van der Waals surface area contributed by atoms with Crippen LogP contribution < -0.4 is 0 Å². The van der Waals surface area contributed by atoms with E-state index in [9.17, 15) is 9.18 Å². The quantitative estimate of drug-likeness (QED) is 0.705. The van der Waals surface area contributed by atoms with Gasteiger partial charge in [-0.2, -0.15) is 0 Å². The first-order valence-electron chi connectivity index (χ1n) is 6.94. The first-order valence-corrected chi connectivity index (χ1v) is 7.82. The van der Waals surface area contributed by atoms with Gasteiger partial charge in [0.2, 0.25) is 0 Å². The van der Waals surface area contributed by atoms with Crippen molar-refractivity contribution in [3.05, 3.63) is 35.0 Å². The molecular formula is C16H17FOS. The fraction of sp³-hybridized carbons (Fsp3) is 0.438. The molecule has 100 valence electrons. The third-order valence-electron chi connectivity index (χ3n) is 4.05. The van der Waals surface area contributed by atoms with Crippen molar-refractivity contribution in [3.8, 4) is 0 Å². The molecule has 0 radical (unpaired) electrons. The van der Waals surface area contributed by atoms with E-state index in [1.807, 2.05) is 11.4 Å². The van der Waals surface area contributed by atoms with E-state index >= 15 is 0 Å². The predicted octanol–water partition coefficient (Wildman–Crippen LogP) is 5.19. The summed E-state index contributed by atoms with van der Waals surface area (Å²) in [7, 11) is 0. The number of carbonyl (C=O) groups excluding carboxylic acids is 1. The number of hydrogen-bond donors (Lipinski definition) is 0. The van der Waals surface area contributed by atoms with Gasteiger partial charge in [0.1, 0.15) is 5.82 Å². The number of benzene rings is 1. The third kappa shape index (κ3) is 2.57. The van der Waals surface area contributed by atoms with E-state index in [0.29, 0.717) is 22.6 Å². The Labute approximate surface area is 116 Å². The van der Waals surface area contributed by atoms with Crippen LogP contribution in [0.2, 0.25) is 0 Å². The predicted molar refractivity (Wildman–Crippen MR) is 77.3 cm³/mol. The van der Waals surface area contributed by atoms with Gasteiger partial charge < -0.3 is 0 Å². The van der Waals surface area contributed by atoms with Crippen LogP contribution in [-0.4, -0.2) is 5.78 Å². The molecule has 1 heterocycles. The number of Topliss-reactive ketones (excluding diaryl/α,β-unsaturated/α-hetero) is 1. The zero-order chi connectivity index (χ0) is 13.2. The highest BCUT2D eigenvalue weighted by Crippen LogP contribution is 2.32. The molecule has 1 aliphatic rings. The Kier molecular flexibility index (Phi) is 3.65. The normalized spacial score (nSPS) is 16.9. The molecule has 1 aromatic heterocycles. The minimum atomic E-state index is -0.223. The van der Waals surface area contributed by atoms with Crippen LogP contribution in [0.5, 0.6) is 0 Å². The van der Waals surface area contributed by atoms with Crippen molar-refractivity contribution in [2.24, 2.45) is 5.92 Å². The molecule has 0 aliphatic heterocycles. The van der Waals surface area contributed by atoms with Crippen molar-refractivity contribution < 1.29 is 9.18 Å². The summed E-state index contributed by atoms with van der Waals surface area (Å²) in [6.45, 7) is 0. The fourth-order valence-electron chi connectivity index (χ4n) is 3.00. The Morgan fingerprint density at radius 1 is 1.26 bits per heavy atom. The van der Waals surface area contributed by atoms with Crippen molar-refractivity contribution in [2.45, 2.75) is 38.5 Å². The molecule has 2 aromatic rings. The number of fused-ring (bicyclic) bond motifs is 1. The van der Waals surface area contributed by atoms with Gasteiger partial charge in [-0.1, -0.05) is 44.2 Å². The Balaban J connectivity index is 1.83. The topological polar surface area (TPSA) is 17.1 Å². The highest BCUT2D eigenvalue weighted by molar-refractivity contribution is 7.17. The van der Waals surface area contributed by atoms with Crippen LogP contribution in [0.25, 0.3) is 10.1 Å². The lowest BCUT2D eigenvalue weighted by Crippen LogP contribution is -2.12. The molecule has 1 nitrogen and oxygen atoms in total. The van der Waals surface area contributed by atoms with E-state index < -0.39 is 0 Å². The summed E-state index contributed by atoms with van der Waals surface area (Å²) >= 11 is 1.34. The Hall–Kier alpha value is -1.22. The molecule has 0 unspecified atom stereocenters. The minimum Gasteiger partial charge on any atom is -0.294 e. The van der Waals surface area contributed by atoms with Gasteiger partial charge in [0.25, 0.3) is 0 Å². The van der Waals surface area contributed by atoms with Gasteiger partial charge >= 0.3 is 0 Å². The van der Waals surface area contributed by atoms with Gasteiger partial charge in [-0.15, -0.1) is 11.3 Å². The molecule has 3 heteroatoms. The van der Waals surface area contributed by atoms with E-state index in [1.54, 1.807) is 6.07 Å². The van der Waals surface area contributed by atoms with Crippen LogP contribution in [-0.2, 0) is 0 Å². The molecule has 0 amide bonds. The maximum Gasteiger partial charge on any atom is 0.164 e. The monoisotopic (exact) mass is 276 g/mol. The smallest absolute Gasteiger partial charge is 0.164 e. The van der Waals surface area contributed by atoms with Crippen LogP contribution in [0.15, 0.2) is 23.6 Å². The van der Waals surface area contributed by atoms with Gasteiger partial charge in [0.15, 0.2) is 5.78 Å². The van der Waals surface area contributed by atoms with Crippen LogP contribution in [0, 0.1) is 11.7 Å². The number of hydrogen-bond acceptors (Lipinski definition) is 2. The van der Waals surface area contributed by atoms with E-state index in [-0.39, 0.29) is 11.6 Å². The molecule has 1 fully saturated rings. The van der Waals surface area contributed by atoms with Gasteiger partial charge in [-0.25, -0.2) is 4.39 Å². The Bertz CT molecular complexity index is 596. The summed E-state index contributed by atoms with van der Waals surface area (Å²) in [5.41, 5.74) is 0.713. The number of rotatable bonds is 3. The second-order valence-electron chi connectivity index (χ2n) is 5.40. The van der Waals surface area contributed by atoms with Gasteiger partial charge in [0.05, 0.1) is 4.70 Å². The van der Waals surface area contributed by atoms with Gasteiger partial charge in [-0.3, -0.25) is 4.79 Å². The Morgan fingerprint density at radius 3 is 2.84 bits per heavy atom. The standard InChI is InChI=1S/C16H17FOS/c17-14-8-4-7-12-13(10-19-16(12)14)15(18)9-11-5-2-1-3-6-11/h4,7-8,10-11H,1-3,5-6,9H2. The summed E-state index contributed by atoms with van der Waals surface area (Å²) in [6, 6.07) is 4.99. The molecule has 3 rings (SSSR count). The van der Waals surface area contributed by atoms with Crippen LogP contribution in [0.3, 0.4) is 0 Å². The molecule has 0 atom stereocenters. The Morgan fingerprint density at radius 2 is 2.05 bits per heavy atom. The van der Waals surface area contributed by atoms with E-state index in [0.717, 1.165) is 5.39 Å². The molecule has 0 saturated heterocycles. The van der Waals surface area contributed by atoms with Crippen molar-refractivity contribution in [2.75, 3.05) is 0 Å². The molecule has 1 saturated carbocycles.